The molecule has 1 aromatic carbocycles. The van der Waals surface area contributed by atoms with Gasteiger partial charge in [0.05, 0.1) is 4.92 Å². The van der Waals surface area contributed by atoms with E-state index in [4.69, 9.17) is 0 Å². The number of non-ortho nitro benzene ring substituents is 1. The lowest BCUT2D eigenvalue weighted by Gasteiger charge is -2.31. The number of nitrogens with zero attached hydrogens (tertiary/aromatic N) is 2. The van der Waals surface area contributed by atoms with E-state index in [2.05, 4.69) is 17.3 Å². The van der Waals surface area contributed by atoms with Crippen LogP contribution in [0.3, 0.4) is 0 Å². The summed E-state index contributed by atoms with van der Waals surface area (Å²) in [7, 11) is 3.97. The molecule has 2 rings (SSSR count). The van der Waals surface area contributed by atoms with E-state index < -0.39 is 0 Å². The largest absolute Gasteiger partial charge is 0.388 e. The summed E-state index contributed by atoms with van der Waals surface area (Å²) in [4.78, 5) is 12.9. The van der Waals surface area contributed by atoms with Gasteiger partial charge in [-0.05, 0) is 31.5 Å². The van der Waals surface area contributed by atoms with Crippen molar-refractivity contribution in [1.82, 2.24) is 4.90 Å². The van der Waals surface area contributed by atoms with Gasteiger partial charge in [0.15, 0.2) is 0 Å². The van der Waals surface area contributed by atoms with E-state index in [1.807, 2.05) is 7.05 Å². The zero-order chi connectivity index (χ0) is 14.5. The molecule has 0 radical (unpaired) electrons. The van der Waals surface area contributed by atoms with Crippen molar-refractivity contribution in [3.05, 3.63) is 33.9 Å². The van der Waals surface area contributed by atoms with Crippen molar-refractivity contribution in [3.63, 3.8) is 0 Å². The quantitative estimate of drug-likeness (QED) is 0.662. The first-order valence-electron chi connectivity index (χ1n) is 7.27. The lowest BCUT2D eigenvalue weighted by atomic mass is 9.94. The minimum Gasteiger partial charge on any atom is -0.388 e. The highest BCUT2D eigenvalue weighted by Crippen LogP contribution is 2.27. The monoisotopic (exact) mass is 277 g/mol. The summed E-state index contributed by atoms with van der Waals surface area (Å²) in [6.45, 7) is 0.752. The van der Waals surface area contributed by atoms with E-state index in [0.717, 1.165) is 17.8 Å². The highest BCUT2D eigenvalue weighted by molar-refractivity contribution is 5.55. The first-order valence-corrected chi connectivity index (χ1v) is 7.27. The molecule has 0 amide bonds. The summed E-state index contributed by atoms with van der Waals surface area (Å²) in [6, 6.07) is 5.64. The van der Waals surface area contributed by atoms with Gasteiger partial charge in [0.2, 0.25) is 0 Å². The second-order valence-electron chi connectivity index (χ2n) is 5.56. The van der Waals surface area contributed by atoms with Crippen molar-refractivity contribution in [2.45, 2.75) is 44.7 Å². The predicted molar refractivity (Wildman–Crippen MR) is 81.0 cm³/mol. The van der Waals surface area contributed by atoms with Crippen molar-refractivity contribution in [2.24, 2.45) is 0 Å². The summed E-state index contributed by atoms with van der Waals surface area (Å²) in [6.07, 6.45) is 6.40. The van der Waals surface area contributed by atoms with Gasteiger partial charge >= 0.3 is 0 Å². The molecule has 0 atom stereocenters. The molecule has 0 spiro atoms. The van der Waals surface area contributed by atoms with Crippen LogP contribution in [-0.2, 0) is 6.54 Å². The molecule has 1 N–H and O–H groups in total. The minimum absolute atomic E-state index is 0.163. The molecule has 1 aliphatic rings. The minimum atomic E-state index is -0.330. The lowest BCUT2D eigenvalue weighted by molar-refractivity contribution is -0.384. The van der Waals surface area contributed by atoms with Gasteiger partial charge in [0.1, 0.15) is 0 Å². The fourth-order valence-corrected chi connectivity index (χ4v) is 2.99. The zero-order valence-electron chi connectivity index (χ0n) is 12.3. The Morgan fingerprint density at radius 1 is 1.35 bits per heavy atom. The fourth-order valence-electron chi connectivity index (χ4n) is 2.99. The van der Waals surface area contributed by atoms with Crippen LogP contribution >= 0.6 is 0 Å². The summed E-state index contributed by atoms with van der Waals surface area (Å²) in [5.41, 5.74) is 2.13. The molecule has 5 heteroatoms. The van der Waals surface area contributed by atoms with Crippen LogP contribution in [0.2, 0.25) is 0 Å². The number of benzene rings is 1. The van der Waals surface area contributed by atoms with E-state index in [0.29, 0.717) is 6.04 Å². The van der Waals surface area contributed by atoms with Crippen molar-refractivity contribution >= 4 is 11.4 Å². The molecular formula is C15H23N3O2. The third-order valence-corrected chi connectivity index (χ3v) is 4.19. The Balaban J connectivity index is 2.13. The second-order valence-corrected chi connectivity index (χ2v) is 5.56. The number of rotatable bonds is 5. The van der Waals surface area contributed by atoms with Crippen molar-refractivity contribution < 1.29 is 4.92 Å². The molecular weight excluding hydrogens is 254 g/mol. The van der Waals surface area contributed by atoms with Crippen LogP contribution in [0.4, 0.5) is 11.4 Å². The van der Waals surface area contributed by atoms with Crippen LogP contribution in [-0.4, -0.2) is 30.0 Å². The standard InChI is InChI=1S/C15H23N3O2/c1-16-15-9-8-14(18(19)20)10-12(15)11-17(2)13-6-4-3-5-7-13/h8-10,13,16H,3-7,11H2,1-2H3. The smallest absolute Gasteiger partial charge is 0.269 e. The van der Waals surface area contributed by atoms with Crippen molar-refractivity contribution in [3.8, 4) is 0 Å². The van der Waals surface area contributed by atoms with Gasteiger partial charge in [0, 0.05) is 37.5 Å². The molecule has 110 valence electrons. The Bertz CT molecular complexity index is 470. The maximum absolute atomic E-state index is 10.9. The van der Waals surface area contributed by atoms with Gasteiger partial charge in [-0.3, -0.25) is 15.0 Å². The van der Waals surface area contributed by atoms with Gasteiger partial charge in [-0.15, -0.1) is 0 Å². The van der Waals surface area contributed by atoms with Crippen LogP contribution in [0.5, 0.6) is 0 Å². The molecule has 0 aliphatic heterocycles. The van der Waals surface area contributed by atoms with Gasteiger partial charge in [-0.1, -0.05) is 19.3 Å². The summed E-state index contributed by atoms with van der Waals surface area (Å²) in [5, 5.41) is 14.0. The SMILES string of the molecule is CNc1ccc([N+](=O)[O-])cc1CN(C)C1CCCCC1. The maximum atomic E-state index is 10.9. The molecule has 1 aliphatic carbocycles. The summed E-state index contributed by atoms with van der Waals surface area (Å²) < 4.78 is 0. The number of anilines is 1. The highest BCUT2D eigenvalue weighted by atomic mass is 16.6. The van der Waals surface area contributed by atoms with E-state index in [1.54, 1.807) is 18.2 Å². The summed E-state index contributed by atoms with van der Waals surface area (Å²) >= 11 is 0. The average Bonchev–Trinajstić information content (AvgIpc) is 2.48. The molecule has 1 saturated carbocycles. The van der Waals surface area contributed by atoms with Crippen LogP contribution in [0.25, 0.3) is 0 Å². The predicted octanol–water partition coefficient (Wildman–Crippen LogP) is 3.40. The second kappa shape index (κ2) is 6.70. The Kier molecular flexibility index (Phi) is 4.95. The highest BCUT2D eigenvalue weighted by Gasteiger charge is 2.19. The van der Waals surface area contributed by atoms with Crippen LogP contribution in [0.1, 0.15) is 37.7 Å². The van der Waals surface area contributed by atoms with Crippen molar-refractivity contribution in [2.75, 3.05) is 19.4 Å². The average molecular weight is 277 g/mol. The van der Waals surface area contributed by atoms with Crippen LogP contribution in [0, 0.1) is 10.1 Å². The van der Waals surface area contributed by atoms with E-state index in [9.17, 15) is 10.1 Å². The van der Waals surface area contributed by atoms with Crippen molar-refractivity contribution in [1.29, 1.82) is 0 Å². The molecule has 0 bridgehead atoms. The number of nitrogens with one attached hydrogen (secondary N) is 1. The number of hydrogen-bond acceptors (Lipinski definition) is 4. The molecule has 0 saturated heterocycles. The first kappa shape index (κ1) is 14.8. The van der Waals surface area contributed by atoms with Gasteiger partial charge in [-0.2, -0.15) is 0 Å². The molecule has 5 nitrogen and oxygen atoms in total. The zero-order valence-corrected chi connectivity index (χ0v) is 12.3. The van der Waals surface area contributed by atoms with Gasteiger partial charge in [0.25, 0.3) is 5.69 Å². The molecule has 0 heterocycles. The molecule has 0 unspecified atom stereocenters. The molecule has 1 aromatic rings. The normalized spacial score (nSPS) is 16.4. The Hall–Kier alpha value is -1.62. The van der Waals surface area contributed by atoms with Gasteiger partial charge < -0.3 is 5.32 Å². The Morgan fingerprint density at radius 2 is 2.05 bits per heavy atom. The lowest BCUT2D eigenvalue weighted by Crippen LogP contribution is -2.33. The van der Waals surface area contributed by atoms with Gasteiger partial charge in [-0.25, -0.2) is 0 Å². The Labute approximate surface area is 120 Å². The first-order chi connectivity index (χ1) is 9.61. The van der Waals surface area contributed by atoms with Crippen LogP contribution < -0.4 is 5.32 Å². The summed E-state index contributed by atoms with van der Waals surface area (Å²) in [5.74, 6) is 0. The van der Waals surface area contributed by atoms with E-state index >= 15 is 0 Å². The van der Waals surface area contributed by atoms with E-state index in [1.165, 1.54) is 32.1 Å². The molecule has 20 heavy (non-hydrogen) atoms. The van der Waals surface area contributed by atoms with E-state index in [-0.39, 0.29) is 10.6 Å². The Morgan fingerprint density at radius 3 is 2.65 bits per heavy atom. The number of nitro groups is 1. The fraction of sp³-hybridized carbons (Fsp3) is 0.600. The third-order valence-electron chi connectivity index (χ3n) is 4.19. The number of nitro benzene ring substituents is 1. The number of hydrogen-bond donors (Lipinski definition) is 1. The molecule has 1 fully saturated rings. The topological polar surface area (TPSA) is 58.4 Å². The van der Waals surface area contributed by atoms with Crippen LogP contribution in [0.15, 0.2) is 18.2 Å². The third kappa shape index (κ3) is 3.48. The molecule has 0 aromatic heterocycles. The maximum Gasteiger partial charge on any atom is 0.269 e.